The van der Waals surface area contributed by atoms with Crippen molar-refractivity contribution in [3.8, 4) is 0 Å². The van der Waals surface area contributed by atoms with Crippen LogP contribution < -0.4 is 0 Å². The fourth-order valence-electron chi connectivity index (χ4n) is 1.50. The van der Waals surface area contributed by atoms with Crippen molar-refractivity contribution in [1.82, 2.24) is 4.98 Å². The van der Waals surface area contributed by atoms with Crippen LogP contribution in [0, 0.1) is 0 Å². The molecule has 2 heterocycles. The first-order valence-electron chi connectivity index (χ1n) is 4.70. The van der Waals surface area contributed by atoms with E-state index in [0.29, 0.717) is 5.71 Å². The SMILES string of the molecule is CC(C)c1coc2ncc(C(=O)O)cc12. The standard InChI is InChI=1S/C11H11NO3/c1-6(2)9-5-15-10-8(9)3-7(4-12-10)11(13)14/h3-6H,1-2H3,(H,13,14). The molecule has 0 fully saturated rings. The van der Waals surface area contributed by atoms with Gasteiger partial charge in [0.1, 0.15) is 0 Å². The molecule has 0 radical (unpaired) electrons. The van der Waals surface area contributed by atoms with Crippen LogP contribution in [0.5, 0.6) is 0 Å². The van der Waals surface area contributed by atoms with Gasteiger partial charge in [0.2, 0.25) is 5.71 Å². The highest BCUT2D eigenvalue weighted by Crippen LogP contribution is 2.26. The van der Waals surface area contributed by atoms with Gasteiger partial charge in [-0.3, -0.25) is 0 Å². The zero-order chi connectivity index (χ0) is 11.0. The number of carboxylic acids is 1. The van der Waals surface area contributed by atoms with Crippen LogP contribution in [0.15, 0.2) is 22.9 Å². The van der Waals surface area contributed by atoms with Gasteiger partial charge in [-0.05, 0) is 12.0 Å². The molecular formula is C11H11NO3. The lowest BCUT2D eigenvalue weighted by atomic mass is 10.0. The zero-order valence-electron chi connectivity index (χ0n) is 8.52. The Labute approximate surface area is 86.5 Å². The first-order valence-corrected chi connectivity index (χ1v) is 4.70. The van der Waals surface area contributed by atoms with Crippen LogP contribution in [-0.2, 0) is 0 Å². The predicted octanol–water partition coefficient (Wildman–Crippen LogP) is 2.65. The maximum atomic E-state index is 10.8. The van der Waals surface area contributed by atoms with E-state index in [1.54, 1.807) is 12.3 Å². The Hall–Kier alpha value is -1.84. The molecule has 0 unspecified atom stereocenters. The Morgan fingerprint density at radius 3 is 2.87 bits per heavy atom. The normalized spacial score (nSPS) is 11.1. The third kappa shape index (κ3) is 1.58. The molecule has 0 saturated carbocycles. The Kier molecular flexibility index (Phi) is 2.19. The number of aromatic carboxylic acids is 1. The molecule has 2 rings (SSSR count). The van der Waals surface area contributed by atoms with Crippen molar-refractivity contribution in [2.24, 2.45) is 0 Å². The summed E-state index contributed by atoms with van der Waals surface area (Å²) in [5.74, 6) is -0.683. The van der Waals surface area contributed by atoms with E-state index in [0.717, 1.165) is 10.9 Å². The second kappa shape index (κ2) is 3.38. The molecule has 0 saturated heterocycles. The van der Waals surface area contributed by atoms with E-state index in [1.807, 2.05) is 13.8 Å². The Morgan fingerprint density at radius 1 is 1.53 bits per heavy atom. The number of hydrogen-bond donors (Lipinski definition) is 1. The second-order valence-corrected chi connectivity index (χ2v) is 3.73. The van der Waals surface area contributed by atoms with Crippen LogP contribution in [0.4, 0.5) is 0 Å². The molecule has 0 aliphatic carbocycles. The van der Waals surface area contributed by atoms with Crippen molar-refractivity contribution < 1.29 is 14.3 Å². The molecule has 0 aromatic carbocycles. The van der Waals surface area contributed by atoms with Gasteiger partial charge < -0.3 is 9.52 Å². The number of aromatic nitrogens is 1. The highest BCUT2D eigenvalue weighted by atomic mass is 16.4. The van der Waals surface area contributed by atoms with Crippen molar-refractivity contribution in [2.45, 2.75) is 19.8 Å². The molecule has 2 aromatic rings. The van der Waals surface area contributed by atoms with Crippen LogP contribution in [0.1, 0.15) is 35.7 Å². The van der Waals surface area contributed by atoms with Crippen LogP contribution >= 0.6 is 0 Å². The summed E-state index contributed by atoms with van der Waals surface area (Å²) < 4.78 is 5.24. The van der Waals surface area contributed by atoms with Gasteiger partial charge in [0.15, 0.2) is 0 Å². The van der Waals surface area contributed by atoms with Crippen molar-refractivity contribution in [1.29, 1.82) is 0 Å². The molecule has 0 aliphatic rings. The maximum absolute atomic E-state index is 10.8. The Bertz CT molecular complexity index is 514. The summed E-state index contributed by atoms with van der Waals surface area (Å²) >= 11 is 0. The summed E-state index contributed by atoms with van der Waals surface area (Å²) in [4.78, 5) is 14.7. The summed E-state index contributed by atoms with van der Waals surface area (Å²) in [6.45, 7) is 4.05. The lowest BCUT2D eigenvalue weighted by Gasteiger charge is -2.00. The van der Waals surface area contributed by atoms with Crippen molar-refractivity contribution >= 4 is 17.1 Å². The largest absolute Gasteiger partial charge is 0.478 e. The number of rotatable bonds is 2. The molecule has 0 aliphatic heterocycles. The van der Waals surface area contributed by atoms with Gasteiger partial charge >= 0.3 is 5.97 Å². The monoisotopic (exact) mass is 205 g/mol. The smallest absolute Gasteiger partial charge is 0.337 e. The number of carbonyl (C=O) groups is 1. The first-order chi connectivity index (χ1) is 7.09. The molecule has 15 heavy (non-hydrogen) atoms. The van der Waals surface area contributed by atoms with E-state index in [1.165, 1.54) is 6.20 Å². The van der Waals surface area contributed by atoms with Gasteiger partial charge in [0.25, 0.3) is 0 Å². The average Bonchev–Trinajstić information content (AvgIpc) is 2.59. The van der Waals surface area contributed by atoms with Gasteiger partial charge in [-0.2, -0.15) is 0 Å². The molecule has 0 spiro atoms. The minimum Gasteiger partial charge on any atom is -0.478 e. The molecule has 4 nitrogen and oxygen atoms in total. The summed E-state index contributed by atoms with van der Waals surface area (Å²) in [5, 5.41) is 9.62. The van der Waals surface area contributed by atoms with Crippen LogP contribution in [0.25, 0.3) is 11.1 Å². The van der Waals surface area contributed by atoms with Crippen molar-refractivity contribution in [3.63, 3.8) is 0 Å². The lowest BCUT2D eigenvalue weighted by Crippen LogP contribution is -1.97. The van der Waals surface area contributed by atoms with E-state index in [-0.39, 0.29) is 11.5 Å². The first kappa shape index (κ1) is 9.71. The maximum Gasteiger partial charge on any atom is 0.337 e. The minimum atomic E-state index is -0.972. The molecule has 0 bridgehead atoms. The van der Waals surface area contributed by atoms with Crippen molar-refractivity contribution in [2.75, 3.05) is 0 Å². The number of carboxylic acid groups (broad SMARTS) is 1. The summed E-state index contributed by atoms with van der Waals surface area (Å²) in [6, 6.07) is 1.60. The van der Waals surface area contributed by atoms with E-state index in [9.17, 15) is 4.79 Å². The molecule has 0 amide bonds. The lowest BCUT2D eigenvalue weighted by molar-refractivity contribution is 0.0696. The van der Waals surface area contributed by atoms with E-state index in [4.69, 9.17) is 9.52 Å². The number of pyridine rings is 1. The van der Waals surface area contributed by atoms with Gasteiger partial charge in [0, 0.05) is 17.1 Å². The highest BCUT2D eigenvalue weighted by molar-refractivity contribution is 5.92. The van der Waals surface area contributed by atoms with Crippen LogP contribution in [0.3, 0.4) is 0 Å². The van der Waals surface area contributed by atoms with E-state index < -0.39 is 5.97 Å². The predicted molar refractivity (Wildman–Crippen MR) is 55.1 cm³/mol. The molecule has 2 aromatic heterocycles. The second-order valence-electron chi connectivity index (χ2n) is 3.73. The van der Waals surface area contributed by atoms with E-state index >= 15 is 0 Å². The third-order valence-corrected chi connectivity index (χ3v) is 2.33. The minimum absolute atomic E-state index is 0.186. The average molecular weight is 205 g/mol. The molecule has 78 valence electrons. The van der Waals surface area contributed by atoms with Crippen LogP contribution in [0.2, 0.25) is 0 Å². The van der Waals surface area contributed by atoms with Gasteiger partial charge in [-0.15, -0.1) is 0 Å². The fraction of sp³-hybridized carbons (Fsp3) is 0.273. The molecule has 0 atom stereocenters. The summed E-state index contributed by atoms with van der Waals surface area (Å²) in [5.41, 5.74) is 1.66. The van der Waals surface area contributed by atoms with E-state index in [2.05, 4.69) is 4.98 Å². The number of furan rings is 1. The highest BCUT2D eigenvalue weighted by Gasteiger charge is 2.12. The molecule has 4 heteroatoms. The quantitative estimate of drug-likeness (QED) is 0.818. The number of fused-ring (bicyclic) bond motifs is 1. The fourth-order valence-corrected chi connectivity index (χ4v) is 1.50. The third-order valence-electron chi connectivity index (χ3n) is 2.33. The Morgan fingerprint density at radius 2 is 2.27 bits per heavy atom. The molecule has 1 N–H and O–H groups in total. The summed E-state index contributed by atoms with van der Waals surface area (Å²) in [6.07, 6.45) is 2.94. The van der Waals surface area contributed by atoms with Crippen LogP contribution in [-0.4, -0.2) is 16.1 Å². The number of nitrogens with zero attached hydrogens (tertiary/aromatic N) is 1. The Balaban J connectivity index is 2.66. The summed E-state index contributed by atoms with van der Waals surface area (Å²) in [7, 11) is 0. The van der Waals surface area contributed by atoms with Gasteiger partial charge in [-0.25, -0.2) is 9.78 Å². The van der Waals surface area contributed by atoms with Gasteiger partial charge in [0.05, 0.1) is 11.8 Å². The molecular weight excluding hydrogens is 194 g/mol. The van der Waals surface area contributed by atoms with Gasteiger partial charge in [-0.1, -0.05) is 13.8 Å². The number of hydrogen-bond acceptors (Lipinski definition) is 3. The topological polar surface area (TPSA) is 63.3 Å². The van der Waals surface area contributed by atoms with Crippen molar-refractivity contribution in [3.05, 3.63) is 29.7 Å². The zero-order valence-corrected chi connectivity index (χ0v) is 8.52.